The zero-order chi connectivity index (χ0) is 16.9. The Labute approximate surface area is 145 Å². The molecule has 1 fully saturated rings. The van der Waals surface area contributed by atoms with Crippen LogP contribution in [0.4, 0.5) is 0 Å². The molecule has 2 aromatic heterocycles. The number of rotatable bonds is 6. The Morgan fingerprint density at radius 2 is 2.25 bits per heavy atom. The second kappa shape index (κ2) is 7.92. The van der Waals surface area contributed by atoms with E-state index in [9.17, 15) is 4.79 Å². The maximum Gasteiger partial charge on any atom is 0.246 e. The molecule has 1 saturated heterocycles. The predicted octanol–water partition coefficient (Wildman–Crippen LogP) is 2.44. The summed E-state index contributed by atoms with van der Waals surface area (Å²) < 4.78 is 10.5. The lowest BCUT2D eigenvalue weighted by atomic mass is 10.0. The van der Waals surface area contributed by atoms with Gasteiger partial charge < -0.3 is 14.5 Å². The number of methoxy groups -OCH3 is 1. The van der Waals surface area contributed by atoms with E-state index in [0.717, 1.165) is 54.7 Å². The summed E-state index contributed by atoms with van der Waals surface area (Å²) >= 11 is 1.62. The molecule has 0 atom stereocenters. The number of amides is 1. The van der Waals surface area contributed by atoms with Gasteiger partial charge in [-0.15, -0.1) is 11.3 Å². The quantitative estimate of drug-likeness (QED) is 0.867. The number of nitrogens with one attached hydrogen (secondary N) is 1. The van der Waals surface area contributed by atoms with Crippen LogP contribution in [0.2, 0.25) is 0 Å². The first-order chi connectivity index (χ1) is 11.6. The monoisotopic (exact) mass is 349 g/mol. The van der Waals surface area contributed by atoms with Gasteiger partial charge in [0.25, 0.3) is 0 Å². The van der Waals surface area contributed by atoms with Crippen molar-refractivity contribution in [2.45, 2.75) is 32.4 Å². The van der Waals surface area contributed by atoms with Gasteiger partial charge in [-0.25, -0.2) is 4.98 Å². The van der Waals surface area contributed by atoms with Crippen molar-refractivity contribution >= 4 is 17.2 Å². The fourth-order valence-corrected chi connectivity index (χ4v) is 3.68. The van der Waals surface area contributed by atoms with E-state index in [2.05, 4.69) is 20.6 Å². The SMILES string of the molecule is COCC(=O)NC1CCN(Cc2csc(-c3ccc(C)o3)n2)CC1. The number of likely N-dealkylation sites (tertiary alicyclic amines) is 1. The lowest BCUT2D eigenvalue weighted by Crippen LogP contribution is -2.45. The molecule has 1 aliphatic rings. The normalized spacial score (nSPS) is 16.4. The van der Waals surface area contributed by atoms with Crippen molar-refractivity contribution in [2.75, 3.05) is 26.8 Å². The zero-order valence-corrected chi connectivity index (χ0v) is 14.9. The number of aryl methyl sites for hydroxylation is 1. The van der Waals surface area contributed by atoms with E-state index in [-0.39, 0.29) is 18.6 Å². The standard InChI is InChI=1S/C17H23N3O3S/c1-12-3-4-15(23-12)17-19-14(11-24-17)9-20-7-5-13(6-8-20)18-16(21)10-22-2/h3-4,11,13H,5-10H2,1-2H3,(H,18,21). The lowest BCUT2D eigenvalue weighted by Gasteiger charge is -2.31. The largest absolute Gasteiger partial charge is 0.459 e. The third kappa shape index (κ3) is 4.43. The number of carbonyl (C=O) groups is 1. The van der Waals surface area contributed by atoms with Crippen LogP contribution in [-0.2, 0) is 16.1 Å². The van der Waals surface area contributed by atoms with Gasteiger partial charge >= 0.3 is 0 Å². The number of hydrogen-bond acceptors (Lipinski definition) is 6. The zero-order valence-electron chi connectivity index (χ0n) is 14.1. The topological polar surface area (TPSA) is 67.6 Å². The molecule has 0 bridgehead atoms. The summed E-state index contributed by atoms with van der Waals surface area (Å²) in [6.45, 7) is 4.84. The number of carbonyl (C=O) groups excluding carboxylic acids is 1. The van der Waals surface area contributed by atoms with E-state index >= 15 is 0 Å². The first-order valence-electron chi connectivity index (χ1n) is 8.16. The molecule has 1 amide bonds. The van der Waals surface area contributed by atoms with Crippen molar-refractivity contribution in [3.63, 3.8) is 0 Å². The summed E-state index contributed by atoms with van der Waals surface area (Å²) in [5, 5.41) is 6.04. The Bertz CT molecular complexity index is 674. The number of piperidine rings is 1. The number of nitrogens with zero attached hydrogens (tertiary/aromatic N) is 2. The van der Waals surface area contributed by atoms with Gasteiger partial charge in [0.05, 0.1) is 5.69 Å². The van der Waals surface area contributed by atoms with Crippen LogP contribution in [0.25, 0.3) is 10.8 Å². The van der Waals surface area contributed by atoms with E-state index in [4.69, 9.17) is 9.15 Å². The van der Waals surface area contributed by atoms with Crippen LogP contribution in [0.5, 0.6) is 0 Å². The number of aromatic nitrogens is 1. The van der Waals surface area contributed by atoms with Crippen molar-refractivity contribution in [1.82, 2.24) is 15.2 Å². The summed E-state index contributed by atoms with van der Waals surface area (Å²) in [4.78, 5) is 18.6. The third-order valence-electron chi connectivity index (χ3n) is 4.12. The third-order valence-corrected chi connectivity index (χ3v) is 5.02. The van der Waals surface area contributed by atoms with Gasteiger partial charge in [0.2, 0.25) is 5.91 Å². The van der Waals surface area contributed by atoms with Gasteiger partial charge in [-0.05, 0) is 31.9 Å². The Balaban J connectivity index is 1.48. The average molecular weight is 349 g/mol. The van der Waals surface area contributed by atoms with Crippen LogP contribution in [0.1, 0.15) is 24.3 Å². The molecule has 0 aromatic carbocycles. The summed E-state index contributed by atoms with van der Waals surface area (Å²) in [6.07, 6.45) is 1.92. The highest BCUT2D eigenvalue weighted by atomic mass is 32.1. The van der Waals surface area contributed by atoms with Gasteiger partial charge in [0, 0.05) is 38.2 Å². The molecule has 0 unspecified atom stereocenters. The van der Waals surface area contributed by atoms with Crippen molar-refractivity contribution in [3.05, 3.63) is 29.0 Å². The number of thiazole rings is 1. The van der Waals surface area contributed by atoms with Crippen LogP contribution in [0, 0.1) is 6.92 Å². The van der Waals surface area contributed by atoms with Crippen LogP contribution in [0.15, 0.2) is 21.9 Å². The first-order valence-corrected chi connectivity index (χ1v) is 9.04. The van der Waals surface area contributed by atoms with Crippen molar-refractivity contribution < 1.29 is 13.9 Å². The van der Waals surface area contributed by atoms with Crippen LogP contribution < -0.4 is 5.32 Å². The van der Waals surface area contributed by atoms with Gasteiger partial charge in [-0.3, -0.25) is 9.69 Å². The molecule has 0 aliphatic carbocycles. The number of hydrogen-bond donors (Lipinski definition) is 1. The molecule has 0 radical (unpaired) electrons. The predicted molar refractivity (Wildman–Crippen MR) is 92.9 cm³/mol. The van der Waals surface area contributed by atoms with Gasteiger partial charge in [0.15, 0.2) is 10.8 Å². The molecule has 1 aliphatic heterocycles. The van der Waals surface area contributed by atoms with Crippen LogP contribution in [0.3, 0.4) is 0 Å². The second-order valence-corrected chi connectivity index (χ2v) is 6.96. The van der Waals surface area contributed by atoms with Crippen molar-refractivity contribution in [1.29, 1.82) is 0 Å². The highest BCUT2D eigenvalue weighted by Gasteiger charge is 2.21. The molecule has 3 rings (SSSR count). The molecular formula is C17H23N3O3S. The number of furan rings is 1. The molecule has 2 aromatic rings. The van der Waals surface area contributed by atoms with Gasteiger partial charge in [-0.1, -0.05) is 0 Å². The molecule has 0 saturated carbocycles. The smallest absolute Gasteiger partial charge is 0.246 e. The van der Waals surface area contributed by atoms with Crippen molar-refractivity contribution in [2.24, 2.45) is 0 Å². The van der Waals surface area contributed by atoms with Crippen LogP contribution >= 0.6 is 11.3 Å². The summed E-state index contributed by atoms with van der Waals surface area (Å²) in [6, 6.07) is 4.17. The molecule has 6 nitrogen and oxygen atoms in total. The minimum Gasteiger partial charge on any atom is -0.459 e. The minimum atomic E-state index is -0.0335. The average Bonchev–Trinajstić information content (AvgIpc) is 3.18. The highest BCUT2D eigenvalue weighted by molar-refractivity contribution is 7.13. The van der Waals surface area contributed by atoms with Gasteiger partial charge in [-0.2, -0.15) is 0 Å². The lowest BCUT2D eigenvalue weighted by molar-refractivity contribution is -0.125. The fourth-order valence-electron chi connectivity index (χ4n) is 2.91. The highest BCUT2D eigenvalue weighted by Crippen LogP contribution is 2.26. The van der Waals surface area contributed by atoms with Crippen molar-refractivity contribution in [3.8, 4) is 10.8 Å². The molecule has 0 spiro atoms. The Morgan fingerprint density at radius 1 is 1.46 bits per heavy atom. The number of ether oxygens (including phenoxy) is 1. The molecular weight excluding hydrogens is 326 g/mol. The van der Waals surface area contributed by atoms with Crippen LogP contribution in [-0.4, -0.2) is 48.6 Å². The summed E-state index contributed by atoms with van der Waals surface area (Å²) in [5.74, 6) is 1.71. The Hall–Kier alpha value is -1.70. The summed E-state index contributed by atoms with van der Waals surface area (Å²) in [7, 11) is 1.54. The Kier molecular flexibility index (Phi) is 5.65. The molecule has 130 valence electrons. The fraction of sp³-hybridized carbons (Fsp3) is 0.529. The molecule has 24 heavy (non-hydrogen) atoms. The van der Waals surface area contributed by atoms with E-state index < -0.39 is 0 Å². The summed E-state index contributed by atoms with van der Waals surface area (Å²) in [5.41, 5.74) is 1.07. The Morgan fingerprint density at radius 3 is 2.92 bits per heavy atom. The molecule has 1 N–H and O–H groups in total. The van der Waals surface area contributed by atoms with E-state index in [1.54, 1.807) is 11.3 Å². The van der Waals surface area contributed by atoms with E-state index in [1.807, 2.05) is 19.1 Å². The first kappa shape index (κ1) is 17.1. The molecule has 3 heterocycles. The van der Waals surface area contributed by atoms with E-state index in [0.29, 0.717) is 0 Å². The maximum absolute atomic E-state index is 11.6. The van der Waals surface area contributed by atoms with E-state index in [1.165, 1.54) is 7.11 Å². The second-order valence-electron chi connectivity index (χ2n) is 6.11. The van der Waals surface area contributed by atoms with Gasteiger partial charge in [0.1, 0.15) is 12.4 Å². The maximum atomic E-state index is 11.6. The molecule has 7 heteroatoms. The minimum absolute atomic E-state index is 0.0335.